The summed E-state index contributed by atoms with van der Waals surface area (Å²) in [7, 11) is 0. The van der Waals surface area contributed by atoms with Crippen molar-refractivity contribution in [2.45, 2.75) is 37.5 Å². The zero-order valence-corrected chi connectivity index (χ0v) is 23.0. The van der Waals surface area contributed by atoms with Crippen LogP contribution >= 0.6 is 34.7 Å². The number of nitrogen functional groups attached to an aromatic ring is 2. The second-order valence-corrected chi connectivity index (χ2v) is 11.2. The lowest BCUT2D eigenvalue weighted by atomic mass is 10.0. The van der Waals surface area contributed by atoms with Crippen LogP contribution in [0.1, 0.15) is 12.6 Å². The van der Waals surface area contributed by atoms with Gasteiger partial charge in [-0.2, -0.15) is 0 Å². The number of hydrogen-bond acceptors (Lipinski definition) is 13. The number of amides is 2. The van der Waals surface area contributed by atoms with E-state index in [1.165, 1.54) is 18.7 Å². The largest absolute Gasteiger partial charge is 0.543 e. The van der Waals surface area contributed by atoms with Crippen molar-refractivity contribution >= 4 is 75.1 Å². The number of aliphatic hydroxyl groups excluding tert-OH is 1. The van der Waals surface area contributed by atoms with Crippen LogP contribution in [0, 0.1) is 0 Å². The van der Waals surface area contributed by atoms with Gasteiger partial charge in [0.2, 0.25) is 6.10 Å². The predicted molar refractivity (Wildman–Crippen MR) is 139 cm³/mol. The third-order valence-corrected chi connectivity index (χ3v) is 8.33. The Balaban J connectivity index is 1.57. The molecule has 19 heteroatoms. The maximum atomic E-state index is 13.2. The Morgan fingerprint density at radius 3 is 2.75 bits per heavy atom. The SMILES string of the molecule is C[C@H](O/N=C(\C(=O)NC1C(=O)N2C(C(=O)[O-])=C(C[n+]3ccc(N)n3CCO)CSC12)c1nc(N)sc1Cl)C(=O)O. The molecule has 1 saturated heterocycles. The van der Waals surface area contributed by atoms with Crippen LogP contribution in [0.15, 0.2) is 28.7 Å². The number of anilines is 2. The summed E-state index contributed by atoms with van der Waals surface area (Å²) in [5.74, 6) is -4.08. The number of nitrogens with two attached hydrogens (primary N) is 2. The quantitative estimate of drug-likeness (QED) is 0.0753. The molecule has 2 unspecified atom stereocenters. The van der Waals surface area contributed by atoms with Gasteiger partial charge in [0, 0.05) is 11.3 Å². The summed E-state index contributed by atoms with van der Waals surface area (Å²) in [4.78, 5) is 59.4. The summed E-state index contributed by atoms with van der Waals surface area (Å²) in [6.07, 6.45) is 0.195. The number of fused-ring (bicyclic) bond motifs is 1. The number of thioether (sulfide) groups is 1. The number of nitrogens with one attached hydrogen (secondary N) is 1. The van der Waals surface area contributed by atoms with Crippen LogP contribution in [0.25, 0.3) is 0 Å². The number of hydrogen-bond donors (Lipinski definition) is 5. The number of carbonyl (C=O) groups excluding carboxylic acids is 3. The number of carboxylic acid groups (broad SMARTS) is 2. The highest BCUT2D eigenvalue weighted by Crippen LogP contribution is 2.40. The Labute approximate surface area is 238 Å². The molecule has 4 rings (SSSR count). The van der Waals surface area contributed by atoms with E-state index in [9.17, 15) is 29.4 Å². The molecule has 2 aliphatic rings. The zero-order chi connectivity index (χ0) is 29.3. The number of nitrogens with zero attached hydrogens (tertiary/aromatic N) is 5. The molecule has 0 bridgehead atoms. The van der Waals surface area contributed by atoms with Gasteiger partial charge >= 0.3 is 5.97 Å². The Kier molecular flexibility index (Phi) is 8.52. The molecule has 0 spiro atoms. The van der Waals surface area contributed by atoms with Crippen LogP contribution in [-0.4, -0.2) is 84.1 Å². The molecule has 214 valence electrons. The van der Waals surface area contributed by atoms with E-state index in [-0.39, 0.29) is 46.3 Å². The second-order valence-electron chi connectivity index (χ2n) is 8.49. The van der Waals surface area contributed by atoms with Crippen LogP contribution in [0.2, 0.25) is 4.34 Å². The van der Waals surface area contributed by atoms with Crippen LogP contribution in [0.3, 0.4) is 0 Å². The molecule has 2 aromatic rings. The van der Waals surface area contributed by atoms with Crippen molar-refractivity contribution in [3.63, 3.8) is 0 Å². The molecule has 16 nitrogen and oxygen atoms in total. The van der Waals surface area contributed by atoms with Crippen LogP contribution in [0.4, 0.5) is 10.9 Å². The van der Waals surface area contributed by atoms with Crippen molar-refractivity contribution in [3.8, 4) is 0 Å². The number of carboxylic acids is 2. The number of aliphatic hydroxyl groups is 1. The van der Waals surface area contributed by atoms with Crippen molar-refractivity contribution in [1.82, 2.24) is 19.9 Å². The minimum atomic E-state index is -1.57. The Hall–Kier alpha value is -3.87. The molecule has 4 heterocycles. The van der Waals surface area contributed by atoms with Gasteiger partial charge < -0.3 is 41.7 Å². The van der Waals surface area contributed by atoms with Gasteiger partial charge in [0.25, 0.3) is 11.8 Å². The lowest BCUT2D eigenvalue weighted by molar-refractivity contribution is -0.767. The fraction of sp³-hybridized carbons (Fsp3) is 0.381. The highest BCUT2D eigenvalue weighted by molar-refractivity contribution is 8.00. The van der Waals surface area contributed by atoms with Gasteiger partial charge in [-0.3, -0.25) is 14.5 Å². The van der Waals surface area contributed by atoms with Crippen molar-refractivity contribution < 1.29 is 44.0 Å². The van der Waals surface area contributed by atoms with E-state index in [0.29, 0.717) is 11.4 Å². The number of β-lactam (4-membered cyclic amide) rings is 1. The molecule has 2 aliphatic heterocycles. The first-order valence-electron chi connectivity index (χ1n) is 11.5. The van der Waals surface area contributed by atoms with Crippen LogP contribution in [-0.2, 0) is 37.1 Å². The number of thiazole rings is 1. The van der Waals surface area contributed by atoms with Gasteiger partial charge in [0.15, 0.2) is 29.4 Å². The second kappa shape index (κ2) is 11.7. The first-order valence-corrected chi connectivity index (χ1v) is 13.7. The van der Waals surface area contributed by atoms with Gasteiger partial charge in [0.05, 0.1) is 24.3 Å². The highest BCUT2D eigenvalue weighted by Gasteiger charge is 2.53. The standard InChI is InChI=1S/C21H23ClN8O8S2/c1-8(19(34)35)38-27-12(11-15(22)40-21(24)26-11)16(32)25-13-17(33)30-14(20(36)37)9(7-39-18(13)30)6-28-3-2-10(23)29(28)4-5-31/h2-3,8,13,18,23,31H,4-7H2,1H3,(H5,24,25,26,32,34,35,36,37)/b27-12-/t8-,13?,18?/m0/s1. The third-order valence-electron chi connectivity index (χ3n) is 5.91. The maximum Gasteiger partial charge on any atom is 0.347 e. The van der Waals surface area contributed by atoms with Crippen molar-refractivity contribution in [3.05, 3.63) is 33.6 Å². The van der Waals surface area contributed by atoms with E-state index >= 15 is 0 Å². The summed E-state index contributed by atoms with van der Waals surface area (Å²) < 4.78 is 3.14. The highest BCUT2D eigenvalue weighted by atomic mass is 35.5. The summed E-state index contributed by atoms with van der Waals surface area (Å²) in [5.41, 5.74) is 10.9. The molecule has 0 aliphatic carbocycles. The Morgan fingerprint density at radius 2 is 2.15 bits per heavy atom. The topological polar surface area (TPSA) is 242 Å². The zero-order valence-electron chi connectivity index (χ0n) is 20.6. The maximum absolute atomic E-state index is 13.2. The molecule has 0 saturated carbocycles. The van der Waals surface area contributed by atoms with E-state index in [2.05, 4.69) is 15.5 Å². The van der Waals surface area contributed by atoms with Gasteiger partial charge in [-0.05, 0) is 6.92 Å². The first kappa shape index (κ1) is 29.1. The van der Waals surface area contributed by atoms with Crippen molar-refractivity contribution in [2.75, 3.05) is 23.8 Å². The monoisotopic (exact) mass is 614 g/mol. The summed E-state index contributed by atoms with van der Waals surface area (Å²) >= 11 is 8.16. The van der Waals surface area contributed by atoms with Crippen LogP contribution < -0.4 is 26.6 Å². The molecule has 7 N–H and O–H groups in total. The van der Waals surface area contributed by atoms with E-state index in [1.807, 2.05) is 0 Å². The minimum absolute atomic E-state index is 0.00143. The van der Waals surface area contributed by atoms with Gasteiger partial charge in [-0.15, -0.1) is 21.1 Å². The van der Waals surface area contributed by atoms with Gasteiger partial charge in [-0.25, -0.2) is 9.78 Å². The number of aromatic nitrogens is 3. The smallest absolute Gasteiger partial charge is 0.347 e. The number of oxime groups is 1. The summed E-state index contributed by atoms with van der Waals surface area (Å²) in [5, 5.41) is 35.8. The molecular weight excluding hydrogens is 592 g/mol. The molecule has 3 atom stereocenters. The summed E-state index contributed by atoms with van der Waals surface area (Å²) in [6, 6.07) is 0.433. The normalized spacial score (nSPS) is 19.6. The average Bonchev–Trinajstić information content (AvgIpc) is 3.42. The van der Waals surface area contributed by atoms with E-state index < -0.39 is 47.0 Å². The van der Waals surface area contributed by atoms with E-state index in [0.717, 1.165) is 16.2 Å². The third kappa shape index (κ3) is 5.55. The molecule has 0 radical (unpaired) electrons. The van der Waals surface area contributed by atoms with Crippen molar-refractivity contribution in [1.29, 1.82) is 0 Å². The van der Waals surface area contributed by atoms with Gasteiger partial charge in [0.1, 0.15) is 28.0 Å². The molecule has 2 amide bonds. The fourth-order valence-corrected chi connectivity index (χ4v) is 6.26. The minimum Gasteiger partial charge on any atom is -0.543 e. The lowest BCUT2D eigenvalue weighted by Gasteiger charge is -2.50. The number of halogens is 1. The first-order chi connectivity index (χ1) is 18.9. The van der Waals surface area contributed by atoms with E-state index in [1.54, 1.807) is 21.6 Å². The average molecular weight is 615 g/mol. The molecular formula is C21H23ClN8O8S2. The molecule has 0 aromatic carbocycles. The number of rotatable bonds is 11. The molecule has 1 fully saturated rings. The predicted octanol–water partition coefficient (Wildman–Crippen LogP) is -2.66. The Morgan fingerprint density at radius 1 is 1.43 bits per heavy atom. The molecule has 2 aromatic heterocycles. The van der Waals surface area contributed by atoms with Crippen molar-refractivity contribution in [2.24, 2.45) is 5.16 Å². The lowest BCUT2D eigenvalue weighted by Crippen LogP contribution is -2.71. The fourth-order valence-electron chi connectivity index (χ4n) is 4.00. The summed E-state index contributed by atoms with van der Waals surface area (Å²) in [6.45, 7) is 1.22. The number of aliphatic carboxylic acids is 2. The Bertz CT molecular complexity index is 1440. The van der Waals surface area contributed by atoms with E-state index in [4.69, 9.17) is 33.0 Å². The van der Waals surface area contributed by atoms with Gasteiger partial charge in [-0.1, -0.05) is 28.1 Å². The molecule has 40 heavy (non-hydrogen) atoms. The van der Waals surface area contributed by atoms with Crippen LogP contribution in [0.5, 0.6) is 0 Å². The number of carbonyl (C=O) groups is 4.